The average molecular weight is 645 g/mol. The summed E-state index contributed by atoms with van der Waals surface area (Å²) in [5, 5.41) is 20.0. The molecule has 12 rings (SSSR count). The van der Waals surface area contributed by atoms with E-state index in [-0.39, 0.29) is 0 Å². The summed E-state index contributed by atoms with van der Waals surface area (Å²) in [7, 11) is 0. The molecule has 0 N–H and O–H groups in total. The van der Waals surface area contributed by atoms with Gasteiger partial charge < -0.3 is 4.42 Å². The lowest BCUT2D eigenvalue weighted by Crippen LogP contribution is -1.89. The third-order valence-corrected chi connectivity index (χ3v) is 11.3. The number of furan rings is 1. The summed E-state index contributed by atoms with van der Waals surface area (Å²) in [5.74, 6) is 0. The molecule has 0 atom stereocenters. The Labute approximate surface area is 292 Å². The van der Waals surface area contributed by atoms with Gasteiger partial charge >= 0.3 is 0 Å². The highest BCUT2D eigenvalue weighted by Gasteiger charge is 2.20. The summed E-state index contributed by atoms with van der Waals surface area (Å²) in [6.45, 7) is 0. The van der Waals surface area contributed by atoms with Crippen LogP contribution in [-0.2, 0) is 0 Å². The molecule has 0 spiro atoms. The van der Waals surface area contributed by atoms with Crippen molar-refractivity contribution in [2.75, 3.05) is 0 Å². The SMILES string of the molecule is c1ccc2cc3c(cc2c1)oc1c(-c2cccc4c2ccc2ccc5ccccc5c24)cc(-c2ccc4ccc5cccc6ccc2c4c56)cc13. The van der Waals surface area contributed by atoms with Crippen LogP contribution < -0.4 is 0 Å². The lowest BCUT2D eigenvalue weighted by atomic mass is 9.87. The van der Waals surface area contributed by atoms with E-state index in [0.717, 1.165) is 27.5 Å². The highest BCUT2D eigenvalue weighted by molar-refractivity contribution is 6.27. The Hall–Kier alpha value is -6.70. The minimum Gasteiger partial charge on any atom is -0.455 e. The van der Waals surface area contributed by atoms with Gasteiger partial charge in [0, 0.05) is 16.3 Å². The molecule has 0 unspecified atom stereocenters. The normalized spacial score (nSPS) is 12.3. The summed E-state index contributed by atoms with van der Waals surface area (Å²) < 4.78 is 6.92. The standard InChI is InChI=1S/C50H28O/c1-2-9-35-28-46-43(25-34(35)8-1)45-27-36(37-22-19-33-18-17-30-10-5-11-31-21-24-42(37)49(33)47(30)31)26-44(50(45)51-46)39-13-6-14-41-40(39)23-20-32-16-15-29-7-3-4-12-38(29)48(32)41/h1-28H. The Morgan fingerprint density at radius 2 is 0.882 bits per heavy atom. The van der Waals surface area contributed by atoms with Gasteiger partial charge in [-0.1, -0.05) is 146 Å². The van der Waals surface area contributed by atoms with Crippen LogP contribution in [0.25, 0.3) is 120 Å². The second-order valence-electron chi connectivity index (χ2n) is 14.0. The number of benzene rings is 11. The van der Waals surface area contributed by atoms with Crippen LogP contribution in [0.15, 0.2) is 174 Å². The van der Waals surface area contributed by atoms with Gasteiger partial charge in [-0.25, -0.2) is 0 Å². The van der Waals surface area contributed by atoms with Crippen molar-refractivity contribution in [3.8, 4) is 22.3 Å². The third-order valence-electron chi connectivity index (χ3n) is 11.3. The Bertz CT molecular complexity index is 3400. The highest BCUT2D eigenvalue weighted by Crippen LogP contribution is 2.46. The van der Waals surface area contributed by atoms with Crippen molar-refractivity contribution in [2.24, 2.45) is 0 Å². The minimum absolute atomic E-state index is 0.911. The van der Waals surface area contributed by atoms with Crippen LogP contribution >= 0.6 is 0 Å². The molecule has 0 bridgehead atoms. The van der Waals surface area contributed by atoms with E-state index in [2.05, 4.69) is 170 Å². The molecule has 0 saturated carbocycles. The Kier molecular flexibility index (Phi) is 5.29. The first kappa shape index (κ1) is 27.2. The van der Waals surface area contributed by atoms with Gasteiger partial charge in [0.05, 0.1) is 0 Å². The van der Waals surface area contributed by atoms with E-state index in [1.807, 2.05) is 0 Å². The fourth-order valence-electron chi connectivity index (χ4n) is 9.00. The monoisotopic (exact) mass is 644 g/mol. The molecule has 0 saturated heterocycles. The van der Waals surface area contributed by atoms with Crippen LogP contribution in [0.4, 0.5) is 0 Å². The molecule has 1 nitrogen and oxygen atoms in total. The maximum atomic E-state index is 6.92. The zero-order chi connectivity index (χ0) is 33.2. The van der Waals surface area contributed by atoms with E-state index >= 15 is 0 Å². The summed E-state index contributed by atoms with van der Waals surface area (Å²) in [6.07, 6.45) is 0. The second kappa shape index (κ2) is 9.94. The van der Waals surface area contributed by atoms with Gasteiger partial charge in [-0.2, -0.15) is 0 Å². The molecule has 0 fully saturated rings. The van der Waals surface area contributed by atoms with E-state index < -0.39 is 0 Å². The fourth-order valence-corrected chi connectivity index (χ4v) is 9.00. The lowest BCUT2D eigenvalue weighted by Gasteiger charge is -2.16. The molecule has 1 heterocycles. The van der Waals surface area contributed by atoms with Crippen molar-refractivity contribution in [3.05, 3.63) is 170 Å². The summed E-state index contributed by atoms with van der Waals surface area (Å²) in [6, 6.07) is 62.7. The Balaban J connectivity index is 1.22. The first-order valence-electron chi connectivity index (χ1n) is 17.7. The predicted molar refractivity (Wildman–Crippen MR) is 218 cm³/mol. The molecular weight excluding hydrogens is 617 g/mol. The highest BCUT2D eigenvalue weighted by atomic mass is 16.3. The van der Waals surface area contributed by atoms with Gasteiger partial charge in [-0.3, -0.25) is 0 Å². The summed E-state index contributed by atoms with van der Waals surface area (Å²) in [5.41, 5.74) is 6.54. The van der Waals surface area contributed by atoms with Crippen LogP contribution in [0.5, 0.6) is 0 Å². The van der Waals surface area contributed by atoms with Gasteiger partial charge in [0.1, 0.15) is 11.2 Å². The molecule has 1 aromatic heterocycles. The third kappa shape index (κ3) is 3.75. The van der Waals surface area contributed by atoms with Gasteiger partial charge in [0.15, 0.2) is 0 Å². The molecular formula is C50H28O. The van der Waals surface area contributed by atoms with Crippen LogP contribution in [-0.4, -0.2) is 0 Å². The Morgan fingerprint density at radius 1 is 0.275 bits per heavy atom. The zero-order valence-electron chi connectivity index (χ0n) is 27.6. The Morgan fingerprint density at radius 3 is 1.73 bits per heavy atom. The molecule has 0 amide bonds. The molecule has 51 heavy (non-hydrogen) atoms. The molecule has 12 aromatic rings. The first-order chi connectivity index (χ1) is 25.3. The topological polar surface area (TPSA) is 13.1 Å². The molecule has 0 radical (unpaired) electrons. The fraction of sp³-hybridized carbons (Fsp3) is 0. The van der Waals surface area contributed by atoms with Crippen LogP contribution in [0.1, 0.15) is 0 Å². The largest absolute Gasteiger partial charge is 0.455 e. The molecule has 0 aliphatic carbocycles. The number of fused-ring (bicyclic) bond motifs is 9. The smallest absolute Gasteiger partial charge is 0.143 e. The van der Waals surface area contributed by atoms with E-state index in [0.29, 0.717) is 0 Å². The van der Waals surface area contributed by atoms with E-state index in [4.69, 9.17) is 4.42 Å². The second-order valence-corrected chi connectivity index (χ2v) is 14.0. The number of hydrogen-bond donors (Lipinski definition) is 0. The van der Waals surface area contributed by atoms with Gasteiger partial charge in [-0.05, 0) is 116 Å². The molecule has 11 aromatic carbocycles. The predicted octanol–water partition coefficient (Wildman–Crippen LogP) is 14.4. The van der Waals surface area contributed by atoms with Crippen molar-refractivity contribution >= 4 is 97.3 Å². The summed E-state index contributed by atoms with van der Waals surface area (Å²) in [4.78, 5) is 0. The maximum Gasteiger partial charge on any atom is 0.143 e. The quantitative estimate of drug-likeness (QED) is 0.171. The van der Waals surface area contributed by atoms with Gasteiger partial charge in [0.25, 0.3) is 0 Å². The van der Waals surface area contributed by atoms with Gasteiger partial charge in [-0.15, -0.1) is 0 Å². The van der Waals surface area contributed by atoms with Crippen molar-refractivity contribution in [3.63, 3.8) is 0 Å². The van der Waals surface area contributed by atoms with Crippen molar-refractivity contribution in [2.45, 2.75) is 0 Å². The van der Waals surface area contributed by atoms with Crippen LogP contribution in [0.2, 0.25) is 0 Å². The number of hydrogen-bond acceptors (Lipinski definition) is 1. The van der Waals surface area contributed by atoms with E-state index in [9.17, 15) is 0 Å². The van der Waals surface area contributed by atoms with Crippen LogP contribution in [0, 0.1) is 0 Å². The minimum atomic E-state index is 0.911. The molecule has 0 aliphatic rings. The zero-order valence-corrected chi connectivity index (χ0v) is 27.6. The molecule has 0 aliphatic heterocycles. The number of rotatable bonds is 2. The lowest BCUT2D eigenvalue weighted by molar-refractivity contribution is 0.670. The first-order valence-corrected chi connectivity index (χ1v) is 17.7. The van der Waals surface area contributed by atoms with Crippen molar-refractivity contribution in [1.82, 2.24) is 0 Å². The average Bonchev–Trinajstić information content (AvgIpc) is 3.55. The molecule has 1 heteroatoms. The van der Waals surface area contributed by atoms with E-state index in [1.165, 1.54) is 92.1 Å². The van der Waals surface area contributed by atoms with Gasteiger partial charge in [0.2, 0.25) is 0 Å². The molecule has 234 valence electrons. The summed E-state index contributed by atoms with van der Waals surface area (Å²) >= 11 is 0. The van der Waals surface area contributed by atoms with Crippen molar-refractivity contribution < 1.29 is 4.42 Å². The van der Waals surface area contributed by atoms with E-state index in [1.54, 1.807) is 0 Å². The van der Waals surface area contributed by atoms with Crippen molar-refractivity contribution in [1.29, 1.82) is 0 Å². The van der Waals surface area contributed by atoms with Crippen LogP contribution in [0.3, 0.4) is 0 Å². The maximum absolute atomic E-state index is 6.92.